The van der Waals surface area contributed by atoms with Crippen LogP contribution in [0.15, 0.2) is 54.6 Å². The van der Waals surface area contributed by atoms with Crippen molar-refractivity contribution in [1.82, 2.24) is 19.7 Å². The number of aromatic nitrogens is 1. The summed E-state index contributed by atoms with van der Waals surface area (Å²) in [6, 6.07) is 17.9. The number of amides is 1. The Kier molecular flexibility index (Phi) is 5.90. The molecule has 5 nitrogen and oxygen atoms in total. The van der Waals surface area contributed by atoms with Gasteiger partial charge in [0.15, 0.2) is 0 Å². The zero-order valence-corrected chi connectivity index (χ0v) is 17.7. The molecular formula is C23H27ClN4O. The summed E-state index contributed by atoms with van der Waals surface area (Å²) in [5.41, 5.74) is 2.57. The number of aryl methyl sites for hydroxylation is 1. The van der Waals surface area contributed by atoms with Gasteiger partial charge in [-0.2, -0.15) is 0 Å². The Labute approximate surface area is 176 Å². The van der Waals surface area contributed by atoms with Gasteiger partial charge in [0, 0.05) is 50.7 Å². The molecule has 1 saturated heterocycles. The molecule has 1 aliphatic rings. The van der Waals surface area contributed by atoms with Crippen molar-refractivity contribution < 1.29 is 4.79 Å². The van der Waals surface area contributed by atoms with Crippen LogP contribution in [-0.4, -0.2) is 60.0 Å². The summed E-state index contributed by atoms with van der Waals surface area (Å²) in [6.45, 7) is 4.88. The minimum Gasteiger partial charge on any atom is -0.343 e. The molecule has 1 aliphatic heterocycles. The van der Waals surface area contributed by atoms with Crippen LogP contribution in [0.3, 0.4) is 0 Å². The maximum absolute atomic E-state index is 13.3. The zero-order valence-electron chi connectivity index (χ0n) is 16.9. The number of fused-ring (bicyclic) bond motifs is 1. The fourth-order valence-corrected chi connectivity index (χ4v) is 4.41. The molecule has 4 rings (SSSR count). The van der Waals surface area contributed by atoms with Gasteiger partial charge >= 0.3 is 0 Å². The van der Waals surface area contributed by atoms with Crippen molar-refractivity contribution in [2.75, 3.05) is 39.8 Å². The van der Waals surface area contributed by atoms with Gasteiger partial charge < -0.3 is 14.8 Å². The second kappa shape index (κ2) is 8.57. The van der Waals surface area contributed by atoms with Gasteiger partial charge in [-0.05, 0) is 18.7 Å². The minimum absolute atomic E-state index is 0.0961. The first kappa shape index (κ1) is 20.0. The highest BCUT2D eigenvalue weighted by Gasteiger charge is 2.25. The van der Waals surface area contributed by atoms with Crippen molar-refractivity contribution in [3.63, 3.8) is 0 Å². The maximum Gasteiger partial charge on any atom is 0.270 e. The Morgan fingerprint density at radius 3 is 2.34 bits per heavy atom. The smallest absolute Gasteiger partial charge is 0.270 e. The summed E-state index contributed by atoms with van der Waals surface area (Å²) in [7, 11) is 4.04. The normalized spacial score (nSPS) is 16.8. The fourth-order valence-electron chi connectivity index (χ4n) is 4.03. The number of halogens is 1. The third-order valence-electron chi connectivity index (χ3n) is 5.80. The van der Waals surface area contributed by atoms with Crippen LogP contribution in [0.25, 0.3) is 10.9 Å². The Hall–Kier alpha value is -2.34. The lowest BCUT2D eigenvalue weighted by Crippen LogP contribution is -2.48. The lowest BCUT2D eigenvalue weighted by Gasteiger charge is -2.35. The van der Waals surface area contributed by atoms with Crippen molar-refractivity contribution >= 4 is 28.4 Å². The second-order valence-corrected chi connectivity index (χ2v) is 8.16. The lowest BCUT2D eigenvalue weighted by atomic mass is 10.1. The summed E-state index contributed by atoms with van der Waals surface area (Å²) in [6.07, 6.45) is 0. The number of benzene rings is 2. The first-order chi connectivity index (χ1) is 14.0. The Morgan fingerprint density at radius 2 is 1.66 bits per heavy atom. The van der Waals surface area contributed by atoms with Crippen LogP contribution in [0.4, 0.5) is 0 Å². The van der Waals surface area contributed by atoms with E-state index in [9.17, 15) is 4.79 Å². The van der Waals surface area contributed by atoms with Gasteiger partial charge in [-0.25, -0.2) is 0 Å². The predicted molar refractivity (Wildman–Crippen MR) is 119 cm³/mol. The van der Waals surface area contributed by atoms with Crippen LogP contribution < -0.4 is 5.32 Å². The molecule has 152 valence electrons. The molecule has 0 bridgehead atoms. The van der Waals surface area contributed by atoms with Gasteiger partial charge in [0.25, 0.3) is 5.91 Å². The summed E-state index contributed by atoms with van der Waals surface area (Å²) < 4.78 is 1.88. The van der Waals surface area contributed by atoms with E-state index in [4.69, 9.17) is 11.6 Å². The number of nitrogens with one attached hydrogen (secondary N) is 1. The number of piperazine rings is 1. The van der Waals surface area contributed by atoms with Gasteiger partial charge in [0.05, 0.1) is 11.1 Å². The molecule has 0 spiro atoms. The van der Waals surface area contributed by atoms with Crippen molar-refractivity contribution in [3.05, 3.63) is 70.9 Å². The first-order valence-corrected chi connectivity index (χ1v) is 10.4. The van der Waals surface area contributed by atoms with Crippen LogP contribution in [0.2, 0.25) is 5.02 Å². The van der Waals surface area contributed by atoms with E-state index >= 15 is 0 Å². The molecule has 0 aliphatic carbocycles. The SMILES string of the molecule is CN1CCN(CC(NC(=O)c2c(Cl)c3ccccc3n2C)c2ccccc2)CC1. The summed E-state index contributed by atoms with van der Waals surface area (Å²) in [5.74, 6) is -0.142. The summed E-state index contributed by atoms with van der Waals surface area (Å²) >= 11 is 6.60. The topological polar surface area (TPSA) is 40.5 Å². The number of hydrogen-bond donors (Lipinski definition) is 1. The molecular weight excluding hydrogens is 384 g/mol. The molecule has 0 radical (unpaired) electrons. The highest BCUT2D eigenvalue weighted by molar-refractivity contribution is 6.38. The molecule has 2 aromatic carbocycles. The Balaban J connectivity index is 1.60. The summed E-state index contributed by atoms with van der Waals surface area (Å²) in [5, 5.41) is 4.66. The molecule has 6 heteroatoms. The third kappa shape index (κ3) is 4.17. The number of rotatable bonds is 5. The van der Waals surface area contributed by atoms with E-state index in [-0.39, 0.29) is 11.9 Å². The molecule has 1 N–H and O–H groups in total. The minimum atomic E-state index is -0.142. The molecule has 0 saturated carbocycles. The molecule has 1 aromatic heterocycles. The van der Waals surface area contributed by atoms with Crippen LogP contribution in [0.5, 0.6) is 0 Å². The molecule has 29 heavy (non-hydrogen) atoms. The van der Waals surface area contributed by atoms with Crippen molar-refractivity contribution in [1.29, 1.82) is 0 Å². The number of hydrogen-bond acceptors (Lipinski definition) is 3. The zero-order chi connectivity index (χ0) is 20.4. The van der Waals surface area contributed by atoms with E-state index in [2.05, 4.69) is 34.3 Å². The van der Waals surface area contributed by atoms with E-state index in [0.29, 0.717) is 10.7 Å². The van der Waals surface area contributed by atoms with Gasteiger partial charge in [0.2, 0.25) is 0 Å². The summed E-state index contributed by atoms with van der Waals surface area (Å²) in [4.78, 5) is 18.0. The van der Waals surface area contributed by atoms with Crippen LogP contribution in [0, 0.1) is 0 Å². The molecule has 1 atom stereocenters. The molecule has 1 amide bonds. The first-order valence-electron chi connectivity index (χ1n) is 10.0. The quantitative estimate of drug-likeness (QED) is 0.699. The second-order valence-electron chi connectivity index (χ2n) is 7.78. The number of likely N-dealkylation sites (N-methyl/N-ethyl adjacent to an activating group) is 1. The molecule has 2 heterocycles. The van der Waals surface area contributed by atoms with Crippen LogP contribution >= 0.6 is 11.6 Å². The maximum atomic E-state index is 13.3. The highest BCUT2D eigenvalue weighted by atomic mass is 35.5. The molecule has 1 fully saturated rings. The average Bonchev–Trinajstić information content (AvgIpc) is 3.00. The van der Waals surface area contributed by atoms with E-state index in [1.807, 2.05) is 54.1 Å². The highest BCUT2D eigenvalue weighted by Crippen LogP contribution is 2.30. The van der Waals surface area contributed by atoms with E-state index < -0.39 is 0 Å². The monoisotopic (exact) mass is 410 g/mol. The van der Waals surface area contributed by atoms with E-state index in [0.717, 1.165) is 49.2 Å². The van der Waals surface area contributed by atoms with Gasteiger partial charge in [0.1, 0.15) is 5.69 Å². The molecule has 3 aromatic rings. The van der Waals surface area contributed by atoms with Crippen molar-refractivity contribution in [3.8, 4) is 0 Å². The standard InChI is InChI=1S/C23H27ClN4O/c1-26-12-14-28(15-13-26)16-19(17-8-4-3-5-9-17)25-23(29)22-21(24)18-10-6-7-11-20(18)27(22)2/h3-11,19H,12-16H2,1-2H3,(H,25,29). The van der Waals surface area contributed by atoms with Crippen molar-refractivity contribution in [2.45, 2.75) is 6.04 Å². The van der Waals surface area contributed by atoms with E-state index in [1.54, 1.807) is 0 Å². The number of carbonyl (C=O) groups is 1. The largest absolute Gasteiger partial charge is 0.343 e. The number of para-hydroxylation sites is 1. The van der Waals surface area contributed by atoms with Gasteiger partial charge in [-0.3, -0.25) is 9.69 Å². The molecule has 1 unspecified atom stereocenters. The Morgan fingerprint density at radius 1 is 1.00 bits per heavy atom. The van der Waals surface area contributed by atoms with Crippen molar-refractivity contribution in [2.24, 2.45) is 7.05 Å². The van der Waals surface area contributed by atoms with E-state index in [1.165, 1.54) is 0 Å². The van der Waals surface area contributed by atoms with Crippen LogP contribution in [-0.2, 0) is 7.05 Å². The number of nitrogens with zero attached hydrogens (tertiary/aromatic N) is 3. The fraction of sp³-hybridized carbons (Fsp3) is 0.348. The number of carbonyl (C=O) groups excluding carboxylic acids is 1. The van der Waals surface area contributed by atoms with Gasteiger partial charge in [-0.15, -0.1) is 0 Å². The van der Waals surface area contributed by atoms with Gasteiger partial charge in [-0.1, -0.05) is 60.1 Å². The Bertz CT molecular complexity index is 954. The third-order valence-corrected chi connectivity index (χ3v) is 6.19. The average molecular weight is 411 g/mol. The van der Waals surface area contributed by atoms with Crippen LogP contribution in [0.1, 0.15) is 22.1 Å². The lowest BCUT2D eigenvalue weighted by molar-refractivity contribution is 0.0900. The predicted octanol–water partition coefficient (Wildman–Crippen LogP) is 3.55.